The lowest BCUT2D eigenvalue weighted by Gasteiger charge is -2.27. The summed E-state index contributed by atoms with van der Waals surface area (Å²) in [7, 11) is 0. The Hall–Kier alpha value is -2.67. The maximum absolute atomic E-state index is 12.3. The Balaban J connectivity index is 1.62. The molecular formula is C17H17ClN6O. The van der Waals surface area contributed by atoms with Gasteiger partial charge >= 0.3 is 0 Å². The third-order valence-electron chi connectivity index (χ3n) is 4.44. The smallest absolute Gasteiger partial charge is 0.266 e. The first kappa shape index (κ1) is 15.8. The van der Waals surface area contributed by atoms with Gasteiger partial charge in [-0.15, -0.1) is 0 Å². The normalized spacial score (nSPS) is 17.2. The van der Waals surface area contributed by atoms with Gasteiger partial charge in [0, 0.05) is 43.4 Å². The van der Waals surface area contributed by atoms with Gasteiger partial charge in [0.25, 0.3) is 5.56 Å². The molecule has 0 bridgehead atoms. The van der Waals surface area contributed by atoms with Crippen molar-refractivity contribution in [1.82, 2.24) is 24.3 Å². The molecule has 0 saturated carbocycles. The highest BCUT2D eigenvalue weighted by Crippen LogP contribution is 2.31. The summed E-state index contributed by atoms with van der Waals surface area (Å²) in [6, 6.07) is 5.33. The Morgan fingerprint density at radius 3 is 2.92 bits per heavy atom. The van der Waals surface area contributed by atoms with Crippen LogP contribution in [-0.2, 0) is 6.54 Å². The Labute approximate surface area is 149 Å². The Kier molecular flexibility index (Phi) is 4.23. The van der Waals surface area contributed by atoms with Crippen molar-refractivity contribution in [2.75, 3.05) is 11.4 Å². The van der Waals surface area contributed by atoms with Crippen LogP contribution in [0.1, 0.15) is 12.8 Å². The van der Waals surface area contributed by atoms with Crippen molar-refractivity contribution in [3.63, 3.8) is 0 Å². The van der Waals surface area contributed by atoms with E-state index in [0.29, 0.717) is 17.4 Å². The van der Waals surface area contributed by atoms with Crippen molar-refractivity contribution in [1.29, 1.82) is 0 Å². The number of pyridine rings is 1. The number of rotatable bonds is 4. The van der Waals surface area contributed by atoms with Gasteiger partial charge in [0.1, 0.15) is 6.33 Å². The number of halogens is 1. The minimum atomic E-state index is -0.114. The molecule has 0 N–H and O–H groups in total. The van der Waals surface area contributed by atoms with E-state index in [1.807, 2.05) is 6.07 Å². The topological polar surface area (TPSA) is 68.8 Å². The zero-order chi connectivity index (χ0) is 17.2. The van der Waals surface area contributed by atoms with E-state index in [9.17, 15) is 4.79 Å². The number of imidazole rings is 1. The first-order chi connectivity index (χ1) is 12.2. The molecule has 4 heterocycles. The molecule has 0 amide bonds. The van der Waals surface area contributed by atoms with Crippen LogP contribution >= 0.6 is 11.6 Å². The maximum atomic E-state index is 12.3. The van der Waals surface area contributed by atoms with Crippen LogP contribution in [0.4, 0.5) is 5.69 Å². The number of hydrogen-bond acceptors (Lipinski definition) is 5. The molecule has 4 rings (SSSR count). The second-order valence-corrected chi connectivity index (χ2v) is 6.41. The van der Waals surface area contributed by atoms with Crippen molar-refractivity contribution in [2.24, 2.45) is 0 Å². The van der Waals surface area contributed by atoms with Crippen molar-refractivity contribution < 1.29 is 0 Å². The summed E-state index contributed by atoms with van der Waals surface area (Å²) in [4.78, 5) is 22.6. The molecule has 0 radical (unpaired) electrons. The van der Waals surface area contributed by atoms with Gasteiger partial charge < -0.3 is 4.90 Å². The van der Waals surface area contributed by atoms with Crippen LogP contribution in [0.25, 0.3) is 5.82 Å². The largest absolute Gasteiger partial charge is 0.365 e. The van der Waals surface area contributed by atoms with Gasteiger partial charge in [-0.05, 0) is 25.0 Å². The zero-order valence-corrected chi connectivity index (χ0v) is 14.3. The van der Waals surface area contributed by atoms with Crippen LogP contribution in [0.5, 0.6) is 0 Å². The molecule has 1 atom stereocenters. The lowest BCUT2D eigenvalue weighted by atomic mass is 10.2. The predicted octanol–water partition coefficient (Wildman–Crippen LogP) is 2.15. The van der Waals surface area contributed by atoms with Crippen LogP contribution in [-0.4, -0.2) is 36.9 Å². The minimum Gasteiger partial charge on any atom is -0.365 e. The van der Waals surface area contributed by atoms with Gasteiger partial charge in [-0.25, -0.2) is 9.67 Å². The third kappa shape index (κ3) is 3.15. The summed E-state index contributed by atoms with van der Waals surface area (Å²) in [6.45, 7) is 1.42. The standard InChI is InChI=1S/C17H17ClN6O/c18-14-10-19-6-5-15(14)23-8-1-2-13(23)11-24-17(25)4-3-16(21-24)22-9-7-20-12-22/h3-7,9-10,12-13H,1-2,8,11H2. The molecule has 3 aromatic rings. The summed E-state index contributed by atoms with van der Waals surface area (Å²) in [6.07, 6.45) is 10.6. The molecule has 0 spiro atoms. The molecule has 3 aromatic heterocycles. The van der Waals surface area contributed by atoms with Crippen molar-refractivity contribution in [3.05, 3.63) is 64.7 Å². The molecule has 1 aliphatic heterocycles. The van der Waals surface area contributed by atoms with Crippen LogP contribution in [0.2, 0.25) is 5.02 Å². The predicted molar refractivity (Wildman–Crippen MR) is 95.2 cm³/mol. The van der Waals surface area contributed by atoms with Crippen LogP contribution < -0.4 is 10.5 Å². The summed E-state index contributed by atoms with van der Waals surface area (Å²) in [5.41, 5.74) is 0.842. The summed E-state index contributed by atoms with van der Waals surface area (Å²) in [5.74, 6) is 0.670. The van der Waals surface area contributed by atoms with Crippen molar-refractivity contribution >= 4 is 17.3 Å². The van der Waals surface area contributed by atoms with Crippen molar-refractivity contribution in [2.45, 2.75) is 25.4 Å². The summed E-state index contributed by atoms with van der Waals surface area (Å²) in [5, 5.41) is 5.11. The second kappa shape index (κ2) is 6.68. The highest BCUT2D eigenvalue weighted by molar-refractivity contribution is 6.33. The Bertz CT molecular complexity index is 923. The maximum Gasteiger partial charge on any atom is 0.266 e. The summed E-state index contributed by atoms with van der Waals surface area (Å²) < 4.78 is 3.30. The number of hydrogen-bond donors (Lipinski definition) is 0. The van der Waals surface area contributed by atoms with E-state index in [1.165, 1.54) is 4.68 Å². The van der Waals surface area contributed by atoms with E-state index in [4.69, 9.17) is 11.6 Å². The molecular weight excluding hydrogens is 340 g/mol. The molecule has 8 heteroatoms. The first-order valence-electron chi connectivity index (χ1n) is 8.15. The monoisotopic (exact) mass is 356 g/mol. The van der Waals surface area contributed by atoms with E-state index in [-0.39, 0.29) is 11.6 Å². The fourth-order valence-corrected chi connectivity index (χ4v) is 3.47. The third-order valence-corrected chi connectivity index (χ3v) is 4.73. The van der Waals surface area contributed by atoms with Gasteiger partial charge in [0.05, 0.1) is 17.3 Å². The lowest BCUT2D eigenvalue weighted by molar-refractivity contribution is 0.486. The van der Waals surface area contributed by atoms with E-state index < -0.39 is 0 Å². The SMILES string of the molecule is O=c1ccc(-n2ccnc2)nn1CC1CCCN1c1ccncc1Cl. The van der Waals surface area contributed by atoms with Gasteiger partial charge in [-0.3, -0.25) is 14.3 Å². The molecule has 1 unspecified atom stereocenters. The molecule has 25 heavy (non-hydrogen) atoms. The highest BCUT2D eigenvalue weighted by atomic mass is 35.5. The van der Waals surface area contributed by atoms with E-state index in [2.05, 4.69) is 20.0 Å². The molecule has 0 aromatic carbocycles. The molecule has 1 aliphatic rings. The van der Waals surface area contributed by atoms with E-state index in [1.54, 1.807) is 47.8 Å². The van der Waals surface area contributed by atoms with Gasteiger partial charge in [0.15, 0.2) is 5.82 Å². The number of aromatic nitrogens is 5. The Morgan fingerprint density at radius 1 is 1.20 bits per heavy atom. The van der Waals surface area contributed by atoms with E-state index >= 15 is 0 Å². The highest BCUT2D eigenvalue weighted by Gasteiger charge is 2.27. The number of anilines is 1. The quantitative estimate of drug-likeness (QED) is 0.716. The molecule has 0 aliphatic carbocycles. The number of nitrogens with zero attached hydrogens (tertiary/aromatic N) is 6. The Morgan fingerprint density at radius 2 is 2.12 bits per heavy atom. The first-order valence-corrected chi connectivity index (χ1v) is 8.53. The zero-order valence-electron chi connectivity index (χ0n) is 13.5. The lowest BCUT2D eigenvalue weighted by Crippen LogP contribution is -2.37. The van der Waals surface area contributed by atoms with Gasteiger partial charge in [-0.2, -0.15) is 5.10 Å². The fraction of sp³-hybridized carbons (Fsp3) is 0.294. The molecule has 7 nitrogen and oxygen atoms in total. The van der Waals surface area contributed by atoms with E-state index in [0.717, 1.165) is 25.1 Å². The molecule has 128 valence electrons. The summed E-state index contributed by atoms with van der Waals surface area (Å²) >= 11 is 6.30. The second-order valence-electron chi connectivity index (χ2n) is 6.00. The van der Waals surface area contributed by atoms with Crippen LogP contribution in [0.15, 0.2) is 54.1 Å². The minimum absolute atomic E-state index is 0.114. The average molecular weight is 357 g/mol. The average Bonchev–Trinajstić information content (AvgIpc) is 3.29. The molecule has 1 saturated heterocycles. The van der Waals surface area contributed by atoms with Crippen LogP contribution in [0.3, 0.4) is 0 Å². The van der Waals surface area contributed by atoms with Crippen molar-refractivity contribution in [3.8, 4) is 5.82 Å². The van der Waals surface area contributed by atoms with Gasteiger partial charge in [0.2, 0.25) is 0 Å². The van der Waals surface area contributed by atoms with Gasteiger partial charge in [-0.1, -0.05) is 11.6 Å². The molecule has 1 fully saturated rings. The fourth-order valence-electron chi connectivity index (χ4n) is 3.24. The van der Waals surface area contributed by atoms with Crippen LogP contribution in [0, 0.1) is 0 Å².